The minimum absolute atomic E-state index is 0.624. The highest BCUT2D eigenvalue weighted by Gasteiger charge is 2.28. The average Bonchev–Trinajstić information content (AvgIpc) is 2.03. The molecule has 0 rings (SSSR count). The molecular weight excluding hydrogens is 164 g/mol. The lowest BCUT2D eigenvalue weighted by atomic mass is 10.1. The van der Waals surface area contributed by atoms with Crippen LogP contribution in [0.2, 0.25) is 0 Å². The first-order valence-electron chi connectivity index (χ1n) is 2.89. The minimum Gasteiger partial charge on any atom is -0.387 e. The summed E-state index contributed by atoms with van der Waals surface area (Å²) in [6.07, 6.45) is 0. The zero-order chi connectivity index (χ0) is 9.72. The number of hydrogen-bond donors (Lipinski definition) is 6. The Morgan fingerprint density at radius 2 is 1.50 bits per heavy atom. The second-order valence-electron chi connectivity index (χ2n) is 1.91. The number of carbonyl (C=O) groups excluding carboxylic acids is 2. The highest BCUT2D eigenvalue weighted by molar-refractivity contribution is 6.17. The van der Waals surface area contributed by atoms with Crippen molar-refractivity contribution in [3.8, 4) is 0 Å². The van der Waals surface area contributed by atoms with E-state index in [0.29, 0.717) is 0 Å². The van der Waals surface area contributed by atoms with Gasteiger partial charge in [0.25, 0.3) is 11.8 Å². The standard InChI is InChI=1S/C4H10N6O2/c5-2(6)1(3(11)9-7)4(12)10-8/h1H,7-8H2,(H3,5,6)(H,9,11)(H,10,12). The maximum absolute atomic E-state index is 10.8. The van der Waals surface area contributed by atoms with Crippen LogP contribution in [0.3, 0.4) is 0 Å². The van der Waals surface area contributed by atoms with E-state index in [2.05, 4.69) is 0 Å². The molecule has 0 aliphatic heterocycles. The number of hydrazine groups is 2. The van der Waals surface area contributed by atoms with Crippen LogP contribution in [0.4, 0.5) is 0 Å². The van der Waals surface area contributed by atoms with Crippen molar-refractivity contribution in [1.82, 2.24) is 10.9 Å². The Morgan fingerprint density at radius 1 is 1.17 bits per heavy atom. The van der Waals surface area contributed by atoms with Gasteiger partial charge in [-0.3, -0.25) is 25.8 Å². The molecule has 0 aromatic heterocycles. The highest BCUT2D eigenvalue weighted by Crippen LogP contribution is 1.93. The molecule has 0 aliphatic carbocycles. The predicted molar refractivity (Wildman–Crippen MR) is 40.1 cm³/mol. The van der Waals surface area contributed by atoms with E-state index in [-0.39, 0.29) is 0 Å². The number of carbonyl (C=O) groups is 2. The van der Waals surface area contributed by atoms with Crippen LogP contribution in [-0.4, -0.2) is 17.6 Å². The Labute approximate surface area is 67.9 Å². The molecule has 0 bridgehead atoms. The lowest BCUT2D eigenvalue weighted by molar-refractivity contribution is -0.132. The van der Waals surface area contributed by atoms with E-state index < -0.39 is 23.6 Å². The normalized spacial score (nSPS) is 9.25. The van der Waals surface area contributed by atoms with E-state index in [9.17, 15) is 9.59 Å². The fourth-order valence-electron chi connectivity index (χ4n) is 0.568. The van der Waals surface area contributed by atoms with Gasteiger partial charge >= 0.3 is 0 Å². The molecule has 2 amide bonds. The molecule has 8 heteroatoms. The number of rotatable bonds is 3. The molecule has 0 fully saturated rings. The molecule has 0 saturated carbocycles. The summed E-state index contributed by atoms with van der Waals surface area (Å²) in [7, 11) is 0. The Morgan fingerprint density at radius 3 is 1.67 bits per heavy atom. The average molecular weight is 174 g/mol. The molecule has 0 aliphatic rings. The first-order valence-corrected chi connectivity index (χ1v) is 2.89. The van der Waals surface area contributed by atoms with Crippen LogP contribution in [0.25, 0.3) is 0 Å². The molecule has 9 N–H and O–H groups in total. The molecule has 0 atom stereocenters. The lowest BCUT2D eigenvalue weighted by Gasteiger charge is -2.10. The Kier molecular flexibility index (Phi) is 3.67. The summed E-state index contributed by atoms with van der Waals surface area (Å²) in [5.41, 5.74) is 8.31. The predicted octanol–water partition coefficient (Wildman–Crippen LogP) is -3.48. The van der Waals surface area contributed by atoms with E-state index in [4.69, 9.17) is 22.8 Å². The molecule has 12 heavy (non-hydrogen) atoms. The molecule has 0 spiro atoms. The van der Waals surface area contributed by atoms with Crippen LogP contribution in [0.15, 0.2) is 0 Å². The number of amidine groups is 1. The molecule has 0 heterocycles. The van der Waals surface area contributed by atoms with Crippen LogP contribution in [0.5, 0.6) is 0 Å². The zero-order valence-electron chi connectivity index (χ0n) is 6.13. The summed E-state index contributed by atoms with van der Waals surface area (Å²) in [4.78, 5) is 21.6. The third kappa shape index (κ3) is 2.18. The van der Waals surface area contributed by atoms with E-state index in [1.807, 2.05) is 0 Å². The van der Waals surface area contributed by atoms with Crippen molar-refractivity contribution in [2.45, 2.75) is 0 Å². The van der Waals surface area contributed by atoms with Gasteiger partial charge in [-0.15, -0.1) is 0 Å². The molecule has 68 valence electrons. The Bertz CT molecular complexity index is 198. The second kappa shape index (κ2) is 4.26. The van der Waals surface area contributed by atoms with E-state index >= 15 is 0 Å². The van der Waals surface area contributed by atoms with Crippen LogP contribution in [-0.2, 0) is 9.59 Å². The first-order chi connectivity index (χ1) is 5.54. The molecule has 0 unspecified atom stereocenters. The Hall–Kier alpha value is -1.67. The maximum Gasteiger partial charge on any atom is 0.254 e. The van der Waals surface area contributed by atoms with Gasteiger partial charge in [0.1, 0.15) is 5.84 Å². The van der Waals surface area contributed by atoms with Gasteiger partial charge < -0.3 is 5.73 Å². The molecule has 8 nitrogen and oxygen atoms in total. The smallest absolute Gasteiger partial charge is 0.254 e. The number of nitrogens with one attached hydrogen (secondary N) is 3. The minimum atomic E-state index is -1.47. The monoisotopic (exact) mass is 174 g/mol. The largest absolute Gasteiger partial charge is 0.387 e. The van der Waals surface area contributed by atoms with Crippen LogP contribution in [0, 0.1) is 11.3 Å². The lowest BCUT2D eigenvalue weighted by Crippen LogP contribution is -2.51. The van der Waals surface area contributed by atoms with Gasteiger partial charge in [0.15, 0.2) is 5.92 Å². The summed E-state index contributed by atoms with van der Waals surface area (Å²) in [6, 6.07) is 0. The van der Waals surface area contributed by atoms with Crippen molar-refractivity contribution in [3.05, 3.63) is 0 Å². The zero-order valence-corrected chi connectivity index (χ0v) is 6.13. The summed E-state index contributed by atoms with van der Waals surface area (Å²) in [5.74, 6) is 5.60. The summed E-state index contributed by atoms with van der Waals surface area (Å²) < 4.78 is 0. The molecule has 0 saturated heterocycles. The summed E-state index contributed by atoms with van der Waals surface area (Å²) in [5, 5.41) is 6.86. The van der Waals surface area contributed by atoms with E-state index in [1.54, 1.807) is 10.9 Å². The maximum atomic E-state index is 10.8. The fraction of sp³-hybridized carbons (Fsp3) is 0.250. The van der Waals surface area contributed by atoms with Gasteiger partial charge in [-0.25, -0.2) is 11.7 Å². The highest BCUT2D eigenvalue weighted by atomic mass is 16.2. The fourth-order valence-corrected chi connectivity index (χ4v) is 0.568. The Balaban J connectivity index is 4.55. The van der Waals surface area contributed by atoms with Gasteiger partial charge in [-0.2, -0.15) is 0 Å². The van der Waals surface area contributed by atoms with Gasteiger partial charge in [0.2, 0.25) is 0 Å². The third-order valence-corrected chi connectivity index (χ3v) is 1.12. The molecule has 0 aromatic carbocycles. The van der Waals surface area contributed by atoms with Crippen molar-refractivity contribution < 1.29 is 9.59 Å². The van der Waals surface area contributed by atoms with Crippen molar-refractivity contribution in [3.63, 3.8) is 0 Å². The summed E-state index contributed by atoms with van der Waals surface area (Å²) >= 11 is 0. The van der Waals surface area contributed by atoms with Gasteiger partial charge in [0.05, 0.1) is 0 Å². The molecule has 0 radical (unpaired) electrons. The van der Waals surface area contributed by atoms with Crippen molar-refractivity contribution in [1.29, 1.82) is 5.41 Å². The van der Waals surface area contributed by atoms with Crippen molar-refractivity contribution >= 4 is 17.6 Å². The SMILES string of the molecule is N=C(N)C(C(=O)NN)C(=O)NN. The molecular formula is C4H10N6O2. The summed E-state index contributed by atoms with van der Waals surface area (Å²) in [6.45, 7) is 0. The third-order valence-electron chi connectivity index (χ3n) is 1.12. The topological polar surface area (TPSA) is 160 Å². The van der Waals surface area contributed by atoms with Crippen molar-refractivity contribution in [2.75, 3.05) is 0 Å². The molecule has 0 aromatic rings. The van der Waals surface area contributed by atoms with Gasteiger partial charge in [0, 0.05) is 0 Å². The van der Waals surface area contributed by atoms with Crippen LogP contribution >= 0.6 is 0 Å². The first kappa shape index (κ1) is 10.3. The number of amides is 2. The van der Waals surface area contributed by atoms with Gasteiger partial charge in [-0.1, -0.05) is 0 Å². The van der Waals surface area contributed by atoms with Gasteiger partial charge in [-0.05, 0) is 0 Å². The number of nitrogens with two attached hydrogens (primary N) is 3. The van der Waals surface area contributed by atoms with Crippen LogP contribution in [0.1, 0.15) is 0 Å². The van der Waals surface area contributed by atoms with Crippen molar-refractivity contribution in [2.24, 2.45) is 23.3 Å². The second-order valence-corrected chi connectivity index (χ2v) is 1.91. The van der Waals surface area contributed by atoms with E-state index in [0.717, 1.165) is 0 Å². The number of hydrogen-bond acceptors (Lipinski definition) is 5. The van der Waals surface area contributed by atoms with E-state index in [1.165, 1.54) is 0 Å². The van der Waals surface area contributed by atoms with Crippen LogP contribution < -0.4 is 28.3 Å². The quantitative estimate of drug-likeness (QED) is 0.0653.